The number of likely N-dealkylation sites (tertiary alicyclic amines) is 1. The fourth-order valence-corrected chi connectivity index (χ4v) is 3.73. The molecule has 0 saturated carbocycles. The summed E-state index contributed by atoms with van der Waals surface area (Å²) in [5.74, 6) is 0.963. The number of carbonyl (C=O) groups is 1. The zero-order valence-corrected chi connectivity index (χ0v) is 15.5. The third-order valence-corrected chi connectivity index (χ3v) is 5.18. The number of carbonyl (C=O) groups excluding carboxylic acids is 1. The van der Waals surface area contributed by atoms with Gasteiger partial charge in [-0.3, -0.25) is 14.0 Å². The molecule has 0 N–H and O–H groups in total. The Morgan fingerprint density at radius 1 is 1.22 bits per heavy atom. The van der Waals surface area contributed by atoms with Gasteiger partial charge in [0.1, 0.15) is 17.8 Å². The Bertz CT molecular complexity index is 900. The fraction of sp³-hybridized carbons (Fsp3) is 0.400. The molecule has 1 aromatic carbocycles. The second kappa shape index (κ2) is 7.73. The summed E-state index contributed by atoms with van der Waals surface area (Å²) in [6.07, 6.45) is 7.34. The molecule has 4 rings (SSSR count). The van der Waals surface area contributed by atoms with E-state index in [0.29, 0.717) is 5.69 Å². The van der Waals surface area contributed by atoms with Crippen LogP contribution < -0.4 is 0 Å². The molecule has 3 heterocycles. The summed E-state index contributed by atoms with van der Waals surface area (Å²) in [6.45, 7) is 3.59. The maximum Gasteiger partial charge on any atom is 0.274 e. The molecule has 1 aliphatic heterocycles. The van der Waals surface area contributed by atoms with Gasteiger partial charge in [0.25, 0.3) is 5.91 Å². The van der Waals surface area contributed by atoms with Crippen molar-refractivity contribution in [2.45, 2.75) is 45.2 Å². The molecule has 2 aromatic heterocycles. The van der Waals surface area contributed by atoms with Crippen molar-refractivity contribution in [2.24, 2.45) is 0 Å². The Kier molecular flexibility index (Phi) is 5.00. The van der Waals surface area contributed by atoms with Crippen molar-refractivity contribution in [3.63, 3.8) is 0 Å². The number of aromatic nitrogens is 5. The molecule has 0 aliphatic carbocycles. The summed E-state index contributed by atoms with van der Waals surface area (Å²) in [5.41, 5.74) is 1.60. The summed E-state index contributed by atoms with van der Waals surface area (Å²) in [7, 11) is 0. The molecule has 0 bridgehead atoms. The highest BCUT2D eigenvalue weighted by Gasteiger charge is 2.30. The highest BCUT2D eigenvalue weighted by Crippen LogP contribution is 2.24. The van der Waals surface area contributed by atoms with E-state index in [2.05, 4.69) is 15.3 Å². The van der Waals surface area contributed by atoms with E-state index in [-0.39, 0.29) is 11.9 Å². The van der Waals surface area contributed by atoms with Gasteiger partial charge in [-0.25, -0.2) is 0 Å². The third kappa shape index (κ3) is 3.63. The van der Waals surface area contributed by atoms with Crippen molar-refractivity contribution >= 4 is 5.91 Å². The number of hydrogen-bond donors (Lipinski definition) is 0. The van der Waals surface area contributed by atoms with Crippen LogP contribution in [-0.2, 0) is 13.0 Å². The number of nitrogens with zero attached hydrogens (tertiary/aromatic N) is 6. The number of benzene rings is 1. The van der Waals surface area contributed by atoms with Crippen LogP contribution >= 0.6 is 0 Å². The molecule has 27 heavy (non-hydrogen) atoms. The Hall–Kier alpha value is -2.96. The van der Waals surface area contributed by atoms with Gasteiger partial charge in [0.2, 0.25) is 0 Å². The van der Waals surface area contributed by atoms with E-state index in [1.807, 2.05) is 59.0 Å². The van der Waals surface area contributed by atoms with Gasteiger partial charge in [-0.15, -0.1) is 10.2 Å². The SMILES string of the molecule is CCn1ccc(C(=O)N2CCCC2CCc2nncn2-c2ccccc2)n1. The Labute approximate surface area is 158 Å². The topological polar surface area (TPSA) is 68.8 Å². The predicted molar refractivity (Wildman–Crippen MR) is 102 cm³/mol. The van der Waals surface area contributed by atoms with Crippen LogP contribution in [0.4, 0.5) is 0 Å². The zero-order chi connectivity index (χ0) is 18.6. The van der Waals surface area contributed by atoms with Crippen LogP contribution in [-0.4, -0.2) is 47.9 Å². The Balaban J connectivity index is 1.44. The van der Waals surface area contributed by atoms with E-state index < -0.39 is 0 Å². The van der Waals surface area contributed by atoms with E-state index in [9.17, 15) is 4.79 Å². The van der Waals surface area contributed by atoms with Gasteiger partial charge < -0.3 is 4.90 Å². The highest BCUT2D eigenvalue weighted by atomic mass is 16.2. The number of aryl methyl sites for hydroxylation is 2. The summed E-state index contributed by atoms with van der Waals surface area (Å²) in [5, 5.41) is 12.7. The molecule has 140 valence electrons. The van der Waals surface area contributed by atoms with Gasteiger partial charge in [0.15, 0.2) is 0 Å². The second-order valence-corrected chi connectivity index (χ2v) is 6.84. The largest absolute Gasteiger partial charge is 0.334 e. The summed E-state index contributed by atoms with van der Waals surface area (Å²) >= 11 is 0. The van der Waals surface area contributed by atoms with Crippen LogP contribution in [0, 0.1) is 0 Å². The molecule has 7 nitrogen and oxygen atoms in total. The lowest BCUT2D eigenvalue weighted by Crippen LogP contribution is -2.36. The Morgan fingerprint density at radius 3 is 2.85 bits per heavy atom. The summed E-state index contributed by atoms with van der Waals surface area (Å²) < 4.78 is 3.81. The van der Waals surface area contributed by atoms with Crippen molar-refractivity contribution in [2.75, 3.05) is 6.54 Å². The first-order valence-corrected chi connectivity index (χ1v) is 9.55. The quantitative estimate of drug-likeness (QED) is 0.674. The third-order valence-electron chi connectivity index (χ3n) is 5.18. The molecule has 0 radical (unpaired) electrons. The fourth-order valence-electron chi connectivity index (χ4n) is 3.73. The minimum absolute atomic E-state index is 0.0363. The molecule has 1 aliphatic rings. The maximum absolute atomic E-state index is 12.9. The minimum Gasteiger partial charge on any atom is -0.334 e. The summed E-state index contributed by atoms with van der Waals surface area (Å²) in [4.78, 5) is 14.8. The lowest BCUT2D eigenvalue weighted by Gasteiger charge is -2.24. The monoisotopic (exact) mass is 364 g/mol. The van der Waals surface area contributed by atoms with Crippen molar-refractivity contribution < 1.29 is 4.79 Å². The van der Waals surface area contributed by atoms with Gasteiger partial charge >= 0.3 is 0 Å². The summed E-state index contributed by atoms with van der Waals surface area (Å²) in [6, 6.07) is 12.1. The van der Waals surface area contributed by atoms with Crippen LogP contribution in [0.1, 0.15) is 42.5 Å². The highest BCUT2D eigenvalue weighted by molar-refractivity contribution is 5.92. The lowest BCUT2D eigenvalue weighted by atomic mass is 10.1. The van der Waals surface area contributed by atoms with Crippen LogP contribution in [0.2, 0.25) is 0 Å². The normalized spacial score (nSPS) is 16.8. The molecule has 1 saturated heterocycles. The van der Waals surface area contributed by atoms with Crippen molar-refractivity contribution in [1.82, 2.24) is 29.4 Å². The average Bonchev–Trinajstić information content (AvgIpc) is 3.46. The number of hydrogen-bond acceptors (Lipinski definition) is 4. The predicted octanol–water partition coefficient (Wildman–Crippen LogP) is 2.72. The lowest BCUT2D eigenvalue weighted by molar-refractivity contribution is 0.0723. The zero-order valence-electron chi connectivity index (χ0n) is 15.5. The molecule has 1 fully saturated rings. The van der Waals surface area contributed by atoms with Crippen molar-refractivity contribution in [3.05, 3.63) is 60.4 Å². The van der Waals surface area contributed by atoms with Gasteiger partial charge in [-0.1, -0.05) is 18.2 Å². The van der Waals surface area contributed by atoms with Gasteiger partial charge in [0, 0.05) is 37.4 Å². The number of para-hydroxylation sites is 1. The molecule has 0 spiro atoms. The smallest absolute Gasteiger partial charge is 0.274 e. The average molecular weight is 364 g/mol. The van der Waals surface area contributed by atoms with Gasteiger partial charge in [0.05, 0.1) is 0 Å². The van der Waals surface area contributed by atoms with Crippen LogP contribution in [0.25, 0.3) is 5.69 Å². The maximum atomic E-state index is 12.9. The first-order chi connectivity index (χ1) is 13.3. The van der Waals surface area contributed by atoms with Crippen molar-refractivity contribution in [1.29, 1.82) is 0 Å². The molecular formula is C20H24N6O. The molecule has 1 amide bonds. The molecular weight excluding hydrogens is 340 g/mol. The van der Waals surface area contributed by atoms with E-state index in [1.54, 1.807) is 11.0 Å². The van der Waals surface area contributed by atoms with Crippen LogP contribution in [0.5, 0.6) is 0 Å². The molecule has 1 atom stereocenters. The van der Waals surface area contributed by atoms with E-state index >= 15 is 0 Å². The van der Waals surface area contributed by atoms with E-state index in [0.717, 1.165) is 50.3 Å². The van der Waals surface area contributed by atoms with E-state index in [4.69, 9.17) is 0 Å². The van der Waals surface area contributed by atoms with Crippen LogP contribution in [0.15, 0.2) is 48.9 Å². The molecule has 3 aromatic rings. The van der Waals surface area contributed by atoms with Gasteiger partial charge in [-0.05, 0) is 44.4 Å². The van der Waals surface area contributed by atoms with Crippen LogP contribution in [0.3, 0.4) is 0 Å². The second-order valence-electron chi connectivity index (χ2n) is 6.84. The molecule has 7 heteroatoms. The first-order valence-electron chi connectivity index (χ1n) is 9.55. The first kappa shape index (κ1) is 17.5. The number of amides is 1. The van der Waals surface area contributed by atoms with Gasteiger partial charge in [-0.2, -0.15) is 5.10 Å². The Morgan fingerprint density at radius 2 is 2.07 bits per heavy atom. The standard InChI is InChI=1S/C20H24N6O/c1-2-24-14-12-18(23-24)20(27)25-13-6-9-17(25)10-11-19-22-21-15-26(19)16-7-4-3-5-8-16/h3-5,7-8,12,14-15,17H,2,6,9-11,13H2,1H3. The van der Waals surface area contributed by atoms with Crippen molar-refractivity contribution in [3.8, 4) is 5.69 Å². The number of rotatable bonds is 6. The van der Waals surface area contributed by atoms with E-state index in [1.165, 1.54) is 0 Å². The molecule has 1 unspecified atom stereocenters. The minimum atomic E-state index is 0.0363.